The maximum atomic E-state index is 12.3. The van der Waals surface area contributed by atoms with E-state index in [1.165, 1.54) is 14.2 Å². The summed E-state index contributed by atoms with van der Waals surface area (Å²) >= 11 is 0. The molecule has 23 heavy (non-hydrogen) atoms. The highest BCUT2D eigenvalue weighted by molar-refractivity contribution is 6.01. The summed E-state index contributed by atoms with van der Waals surface area (Å²) < 4.78 is 10.3. The van der Waals surface area contributed by atoms with Crippen LogP contribution in [0.1, 0.15) is 26.3 Å². The third kappa shape index (κ3) is 3.60. The average molecular weight is 314 g/mol. The predicted octanol–water partition coefficient (Wildman–Crippen LogP) is 2.09. The van der Waals surface area contributed by atoms with E-state index in [0.717, 1.165) is 5.56 Å². The molecule has 6 heteroatoms. The van der Waals surface area contributed by atoms with E-state index in [2.05, 4.69) is 10.9 Å². The van der Waals surface area contributed by atoms with Crippen molar-refractivity contribution in [1.29, 1.82) is 0 Å². The molecule has 2 N–H and O–H groups in total. The number of hydrazine groups is 1. The van der Waals surface area contributed by atoms with Gasteiger partial charge in [0.15, 0.2) is 11.5 Å². The van der Waals surface area contributed by atoms with Crippen LogP contribution >= 0.6 is 0 Å². The van der Waals surface area contributed by atoms with Gasteiger partial charge in [0.2, 0.25) is 0 Å². The lowest BCUT2D eigenvalue weighted by Crippen LogP contribution is -2.42. The molecule has 0 aliphatic rings. The van der Waals surface area contributed by atoms with Gasteiger partial charge in [-0.25, -0.2) is 0 Å². The fourth-order valence-electron chi connectivity index (χ4n) is 2.14. The Hall–Kier alpha value is -3.02. The largest absolute Gasteiger partial charge is 0.493 e. The SMILES string of the molecule is COc1cccc(C(=O)NNC(=O)c2ccccc2C)c1OC. The monoisotopic (exact) mass is 314 g/mol. The summed E-state index contributed by atoms with van der Waals surface area (Å²) in [7, 11) is 2.93. The van der Waals surface area contributed by atoms with E-state index in [9.17, 15) is 9.59 Å². The van der Waals surface area contributed by atoms with Crippen molar-refractivity contribution in [3.05, 3.63) is 59.2 Å². The summed E-state index contributed by atoms with van der Waals surface area (Å²) in [4.78, 5) is 24.3. The quantitative estimate of drug-likeness (QED) is 0.847. The van der Waals surface area contributed by atoms with Crippen LogP contribution in [0.25, 0.3) is 0 Å². The Kier molecular flexibility index (Phi) is 5.19. The molecule has 120 valence electrons. The second-order valence-electron chi connectivity index (χ2n) is 4.76. The fraction of sp³-hybridized carbons (Fsp3) is 0.176. The topological polar surface area (TPSA) is 76.7 Å². The molecule has 0 aromatic heterocycles. The Labute approximate surface area is 134 Å². The zero-order chi connectivity index (χ0) is 16.8. The van der Waals surface area contributed by atoms with Crippen molar-refractivity contribution >= 4 is 11.8 Å². The van der Waals surface area contributed by atoms with Crippen LogP contribution in [0, 0.1) is 6.92 Å². The minimum Gasteiger partial charge on any atom is -0.493 e. The molecule has 0 heterocycles. The number of ether oxygens (including phenoxy) is 2. The zero-order valence-corrected chi connectivity index (χ0v) is 13.2. The van der Waals surface area contributed by atoms with Crippen LogP contribution in [0.5, 0.6) is 11.5 Å². The molecule has 0 saturated carbocycles. The first kappa shape index (κ1) is 16.4. The first-order chi connectivity index (χ1) is 11.1. The number of carbonyl (C=O) groups is 2. The highest BCUT2D eigenvalue weighted by Gasteiger charge is 2.17. The second kappa shape index (κ2) is 7.31. The number of methoxy groups -OCH3 is 2. The summed E-state index contributed by atoms with van der Waals surface area (Å²) in [5.74, 6) is -0.149. The average Bonchev–Trinajstić information content (AvgIpc) is 2.58. The second-order valence-corrected chi connectivity index (χ2v) is 4.76. The number of hydrogen-bond donors (Lipinski definition) is 2. The number of carbonyl (C=O) groups excluding carboxylic acids is 2. The molecule has 0 aliphatic heterocycles. The van der Waals surface area contributed by atoms with Gasteiger partial charge in [-0.2, -0.15) is 0 Å². The maximum absolute atomic E-state index is 12.3. The Morgan fingerprint density at radius 2 is 1.43 bits per heavy atom. The van der Waals surface area contributed by atoms with Gasteiger partial charge in [-0.3, -0.25) is 20.4 Å². The van der Waals surface area contributed by atoms with Gasteiger partial charge in [-0.15, -0.1) is 0 Å². The molecular formula is C17H18N2O4. The molecule has 2 aromatic carbocycles. The number of hydrogen-bond acceptors (Lipinski definition) is 4. The van der Waals surface area contributed by atoms with Crippen LogP contribution in [0.3, 0.4) is 0 Å². The minimum atomic E-state index is -0.498. The molecule has 0 aliphatic carbocycles. The van der Waals surface area contributed by atoms with Crippen molar-refractivity contribution in [2.24, 2.45) is 0 Å². The Bertz CT molecular complexity index is 728. The van der Waals surface area contributed by atoms with Gasteiger partial charge in [-0.1, -0.05) is 24.3 Å². The Morgan fingerprint density at radius 1 is 0.826 bits per heavy atom. The molecule has 0 radical (unpaired) electrons. The van der Waals surface area contributed by atoms with Gasteiger partial charge in [0.1, 0.15) is 0 Å². The van der Waals surface area contributed by atoms with Crippen LogP contribution < -0.4 is 20.3 Å². The Morgan fingerprint density at radius 3 is 2.04 bits per heavy atom. The fourth-order valence-corrected chi connectivity index (χ4v) is 2.14. The predicted molar refractivity (Wildman–Crippen MR) is 85.7 cm³/mol. The summed E-state index contributed by atoms with van der Waals surface area (Å²) in [5.41, 5.74) is 6.34. The third-order valence-electron chi connectivity index (χ3n) is 3.33. The standard InChI is InChI=1S/C17H18N2O4/c1-11-7-4-5-8-12(11)16(20)18-19-17(21)13-9-6-10-14(22-2)15(13)23-3/h4-10H,1-3H3,(H,18,20)(H,19,21). The number of benzene rings is 2. The highest BCUT2D eigenvalue weighted by atomic mass is 16.5. The van der Waals surface area contributed by atoms with Crippen molar-refractivity contribution in [3.8, 4) is 11.5 Å². The van der Waals surface area contributed by atoms with Gasteiger partial charge in [-0.05, 0) is 30.7 Å². The van der Waals surface area contributed by atoms with Gasteiger partial charge in [0.05, 0.1) is 19.8 Å². The third-order valence-corrected chi connectivity index (χ3v) is 3.33. The van der Waals surface area contributed by atoms with Crippen LogP contribution in [-0.4, -0.2) is 26.0 Å². The van der Waals surface area contributed by atoms with E-state index >= 15 is 0 Å². The molecule has 0 atom stereocenters. The lowest BCUT2D eigenvalue weighted by atomic mass is 10.1. The van der Waals surface area contributed by atoms with Gasteiger partial charge in [0.25, 0.3) is 11.8 Å². The van der Waals surface area contributed by atoms with Gasteiger partial charge >= 0.3 is 0 Å². The summed E-state index contributed by atoms with van der Waals surface area (Å²) in [6, 6.07) is 12.0. The van der Waals surface area contributed by atoms with Crippen LogP contribution in [0.4, 0.5) is 0 Å². The summed E-state index contributed by atoms with van der Waals surface area (Å²) in [6.45, 7) is 1.82. The Balaban J connectivity index is 2.12. The maximum Gasteiger partial charge on any atom is 0.273 e. The van der Waals surface area contributed by atoms with Gasteiger partial charge < -0.3 is 9.47 Å². The first-order valence-corrected chi connectivity index (χ1v) is 6.95. The van der Waals surface area contributed by atoms with E-state index < -0.39 is 11.8 Å². The normalized spacial score (nSPS) is 9.87. The van der Waals surface area contributed by atoms with Crippen LogP contribution in [0.2, 0.25) is 0 Å². The smallest absolute Gasteiger partial charge is 0.273 e. The van der Waals surface area contributed by atoms with E-state index in [1.54, 1.807) is 30.3 Å². The van der Waals surface area contributed by atoms with Crippen molar-refractivity contribution < 1.29 is 19.1 Å². The van der Waals surface area contributed by atoms with Crippen LogP contribution in [0.15, 0.2) is 42.5 Å². The highest BCUT2D eigenvalue weighted by Crippen LogP contribution is 2.30. The molecule has 2 amide bonds. The molecule has 0 unspecified atom stereocenters. The summed E-state index contributed by atoms with van der Waals surface area (Å²) in [6.07, 6.45) is 0. The molecule has 2 rings (SSSR count). The zero-order valence-electron chi connectivity index (χ0n) is 13.2. The van der Waals surface area contributed by atoms with Crippen molar-refractivity contribution in [2.75, 3.05) is 14.2 Å². The molecule has 2 aromatic rings. The number of nitrogens with one attached hydrogen (secondary N) is 2. The number of amides is 2. The van der Waals surface area contributed by atoms with Crippen molar-refractivity contribution in [1.82, 2.24) is 10.9 Å². The molecule has 0 spiro atoms. The lowest BCUT2D eigenvalue weighted by molar-refractivity contribution is 0.0844. The van der Waals surface area contributed by atoms with E-state index in [-0.39, 0.29) is 5.56 Å². The van der Waals surface area contributed by atoms with E-state index in [0.29, 0.717) is 17.1 Å². The number of para-hydroxylation sites is 1. The summed E-state index contributed by atoms with van der Waals surface area (Å²) in [5, 5.41) is 0. The van der Waals surface area contributed by atoms with E-state index in [1.807, 2.05) is 19.1 Å². The number of aryl methyl sites for hydroxylation is 1. The lowest BCUT2D eigenvalue weighted by Gasteiger charge is -2.13. The van der Waals surface area contributed by atoms with Crippen molar-refractivity contribution in [3.63, 3.8) is 0 Å². The molecule has 0 saturated heterocycles. The molecule has 6 nitrogen and oxygen atoms in total. The molecular weight excluding hydrogens is 296 g/mol. The van der Waals surface area contributed by atoms with E-state index in [4.69, 9.17) is 9.47 Å². The van der Waals surface area contributed by atoms with Crippen LogP contribution in [-0.2, 0) is 0 Å². The molecule has 0 bridgehead atoms. The molecule has 0 fully saturated rings. The van der Waals surface area contributed by atoms with Crippen molar-refractivity contribution in [2.45, 2.75) is 6.92 Å². The van der Waals surface area contributed by atoms with Gasteiger partial charge in [0, 0.05) is 5.56 Å². The number of rotatable bonds is 4. The minimum absolute atomic E-state index is 0.261. The first-order valence-electron chi connectivity index (χ1n) is 6.95.